The van der Waals surface area contributed by atoms with Crippen LogP contribution in [0.4, 0.5) is 0 Å². The predicted octanol–water partition coefficient (Wildman–Crippen LogP) is 13.8. The molecular formula is C38H115O13P3S5. The number of hydrogen-bond donors (Lipinski definition) is 2. The molecule has 0 amide bonds. The molecule has 0 saturated carbocycles. The van der Waals surface area contributed by atoms with Gasteiger partial charge in [-0.3, -0.25) is 9.12 Å². The monoisotopic (exact) mass is 1030 g/mol. The molecule has 0 atom stereocenters. The normalized spacial score (nSPS) is 7.81. The van der Waals surface area contributed by atoms with Crippen LogP contribution in [-0.2, 0) is 53.1 Å². The van der Waals surface area contributed by atoms with Crippen molar-refractivity contribution in [3.63, 3.8) is 0 Å². The molecule has 390 valence electrons. The first-order chi connectivity index (χ1) is 19.9. The van der Waals surface area contributed by atoms with Crippen LogP contribution in [0.2, 0.25) is 0 Å². The third-order valence-corrected chi connectivity index (χ3v) is 0. The third kappa shape index (κ3) is 454000000. The Morgan fingerprint density at radius 3 is 0.407 bits per heavy atom. The lowest BCUT2D eigenvalue weighted by molar-refractivity contribution is -0.115. The van der Waals surface area contributed by atoms with Gasteiger partial charge >= 0.3 is 0 Å². The first-order valence-corrected chi connectivity index (χ1v) is 29.3. The zero-order valence-corrected chi connectivity index (χ0v) is 40.5. The van der Waals surface area contributed by atoms with Crippen LogP contribution in [0.3, 0.4) is 0 Å². The number of thiocarbonyl (C=S) groups is 2. The fourth-order valence-corrected chi connectivity index (χ4v) is 0. The molecule has 13 nitrogen and oxygen atoms in total. The minimum absolute atomic E-state index is 0. The Morgan fingerprint density at radius 2 is 0.407 bits per heavy atom. The summed E-state index contributed by atoms with van der Waals surface area (Å²) in [7, 11) is -14.9. The summed E-state index contributed by atoms with van der Waals surface area (Å²) >= 11 is 9.07. The van der Waals surface area contributed by atoms with E-state index in [0.29, 0.717) is 6.26 Å². The Hall–Kier alpha value is -0.0200. The molecule has 0 aliphatic heterocycles. The van der Waals surface area contributed by atoms with Gasteiger partial charge in [0.1, 0.15) is 31.2 Å². The molecule has 0 spiro atoms. The van der Waals surface area contributed by atoms with E-state index in [4.69, 9.17) is 9.45 Å². The molecule has 0 saturated heterocycles. The fraction of sp³-hybridized carbons (Fsp3) is 0.895. The first-order valence-electron chi connectivity index (χ1n) is 13.4. The molecule has 0 aromatic rings. The minimum atomic E-state index is -3.67. The molecule has 0 unspecified atom stereocenters. The summed E-state index contributed by atoms with van der Waals surface area (Å²) in [4.78, 5) is 29.0. The van der Waals surface area contributed by atoms with Crippen molar-refractivity contribution in [2.24, 2.45) is 0 Å². The van der Waals surface area contributed by atoms with Crippen LogP contribution in [0, 0.1) is 0 Å². The van der Waals surface area contributed by atoms with Crippen molar-refractivity contribution < 1.29 is 58.0 Å². The smallest absolute Gasteiger partial charge is 0.261 e. The van der Waals surface area contributed by atoms with Crippen molar-refractivity contribution in [2.45, 2.75) is 151 Å². The van der Waals surface area contributed by atoms with Crippen molar-refractivity contribution in [1.29, 1.82) is 0 Å². The van der Waals surface area contributed by atoms with Crippen molar-refractivity contribution in [3.05, 3.63) is 0 Å². The fourth-order valence-electron chi connectivity index (χ4n) is 0. The molecular weight excluding hydrogens is 918 g/mol. The predicted molar refractivity (Wildman–Crippen MR) is 297 cm³/mol. The molecule has 0 aromatic carbocycles. The van der Waals surface area contributed by atoms with Gasteiger partial charge in [-0.1, -0.05) is 120 Å². The van der Waals surface area contributed by atoms with Gasteiger partial charge in [0.2, 0.25) is 0 Å². The van der Waals surface area contributed by atoms with Crippen molar-refractivity contribution in [1.82, 2.24) is 0 Å². The van der Waals surface area contributed by atoms with Crippen LogP contribution in [0.15, 0.2) is 0 Å². The van der Waals surface area contributed by atoms with Crippen LogP contribution in [-0.4, -0.2) is 141 Å². The van der Waals surface area contributed by atoms with E-state index >= 15 is 0 Å². The molecule has 0 aliphatic carbocycles. The molecule has 59 heavy (non-hydrogen) atoms. The van der Waals surface area contributed by atoms with Gasteiger partial charge in [-0.05, 0) is 105 Å². The van der Waals surface area contributed by atoms with E-state index in [-0.39, 0.29) is 93.3 Å². The van der Waals surface area contributed by atoms with Gasteiger partial charge in [0.25, 0.3) is 10.1 Å². The second kappa shape index (κ2) is 81.8. The molecule has 0 fully saturated rings. The summed E-state index contributed by atoms with van der Waals surface area (Å²) in [6.45, 7) is 30.8. The van der Waals surface area contributed by atoms with Crippen molar-refractivity contribution >= 4 is 97.2 Å². The highest BCUT2D eigenvalue weighted by Crippen LogP contribution is 2.29. The Bertz CT molecular complexity index is 1030. The van der Waals surface area contributed by atoms with E-state index in [1.165, 1.54) is 41.0 Å². The van der Waals surface area contributed by atoms with Crippen LogP contribution in [0.5, 0.6) is 0 Å². The average molecular weight is 1030 g/mol. The zero-order chi connectivity index (χ0) is 43.3. The van der Waals surface area contributed by atoms with E-state index < -0.39 is 51.4 Å². The van der Waals surface area contributed by atoms with Crippen LogP contribution < -0.4 is 0 Å². The Balaban J connectivity index is -0.0000000126. The SMILES string of the molecule is C.C.C.C.C.C.C.C.C.C.C.CC.CC(C)=O.CC(C)=O.CC(C)=S.CC(C)=S.CP(C)(=O)O.CP(C)(C)=O.CP(C)(C)=O.CS(=O)(=O)O.CS(C)(=O)=O.CS(C)(=O)=O. The Morgan fingerprint density at radius 1 is 0.407 bits per heavy atom. The number of ketones is 2. The summed E-state index contributed by atoms with van der Waals surface area (Å²) in [6.07, 6.45) is 5.35. The maximum atomic E-state index is 10.2. The highest BCUT2D eigenvalue weighted by Gasteiger charge is 1.92. The number of Topliss-reactive ketones (excluding diaryl/α,β-unsaturated/α-hetero) is 2. The topological polar surface area (TPSA) is 228 Å². The van der Waals surface area contributed by atoms with E-state index in [2.05, 4.69) is 24.4 Å². The van der Waals surface area contributed by atoms with Crippen LogP contribution in [0.25, 0.3) is 0 Å². The molecule has 0 aliphatic rings. The van der Waals surface area contributed by atoms with Gasteiger partial charge in [-0.2, -0.15) is 8.42 Å². The second-order valence-corrected chi connectivity index (χ2v) is 29.5. The molecule has 2 N–H and O–H groups in total. The molecule has 21 heteroatoms. The van der Waals surface area contributed by atoms with Crippen molar-refractivity contribution in [2.75, 3.05) is 84.6 Å². The number of rotatable bonds is 0. The lowest BCUT2D eigenvalue weighted by Crippen LogP contribution is -1.88. The molecule has 0 rings (SSSR count). The number of carbonyl (C=O) groups is 2. The highest BCUT2D eigenvalue weighted by molar-refractivity contribution is 7.90. The van der Waals surface area contributed by atoms with Gasteiger partial charge in [-0.25, -0.2) is 16.8 Å². The molecule has 0 bridgehead atoms. The summed E-state index contributed by atoms with van der Waals surface area (Å²) in [6, 6.07) is 0. The maximum Gasteiger partial charge on any atom is 0.261 e. The zero-order valence-electron chi connectivity index (χ0n) is 33.8. The second-order valence-electron chi connectivity index (χ2n) is 11.7. The van der Waals surface area contributed by atoms with Gasteiger partial charge in [0.15, 0.2) is 7.37 Å². The summed E-state index contributed by atoms with van der Waals surface area (Å²) in [5.41, 5.74) is 0. The number of hydrogen-bond acceptors (Lipinski definition) is 13. The Labute approximate surface area is 388 Å². The van der Waals surface area contributed by atoms with E-state index in [9.17, 15) is 48.5 Å². The van der Waals surface area contributed by atoms with Crippen molar-refractivity contribution in [3.8, 4) is 0 Å². The number of sulfone groups is 2. The van der Waals surface area contributed by atoms with E-state index in [1.54, 1.807) is 40.0 Å². The van der Waals surface area contributed by atoms with Gasteiger partial charge < -0.3 is 23.6 Å². The molecule has 0 aromatic heterocycles. The average Bonchev–Trinajstić information content (AvgIpc) is 2.51. The lowest BCUT2D eigenvalue weighted by atomic mass is 10.6. The largest absolute Gasteiger partial charge is 0.345 e. The third-order valence-electron chi connectivity index (χ3n) is 0. The van der Waals surface area contributed by atoms with Crippen LogP contribution >= 0.6 is 46.1 Å². The maximum absolute atomic E-state index is 10.2. The van der Waals surface area contributed by atoms with Gasteiger partial charge in [0, 0.05) is 38.4 Å². The number of carbonyl (C=O) groups excluding carboxylic acids is 2. The van der Waals surface area contributed by atoms with Crippen LogP contribution in [0.1, 0.15) is 151 Å². The van der Waals surface area contributed by atoms with E-state index in [1.807, 2.05) is 41.5 Å². The minimum Gasteiger partial charge on any atom is -0.345 e. The standard InChI is InChI=1S/2C3H9OP.2C3H6O.2C3H6S.C2H7O2P.2C2H6O2S.C2H6.CH4O3S.11CH4/c2*1-5(2,3)4;4*1-3(2)4;3*1-5(2,3)4;1-2;1-5(2,3)4;;;;;;;;;;;/h2*1-3H3;4*1-2H3;1-2H3,(H,3,4);2*1-2H3;1-2H3;1H3,(H,2,3,4);11*1H4. The lowest BCUT2D eigenvalue weighted by Gasteiger charge is -1.86. The highest BCUT2D eigenvalue weighted by atomic mass is 32.2. The summed E-state index contributed by atoms with van der Waals surface area (Å²) in [5, 5.41) is 0. The first kappa shape index (κ1) is 145. The quantitative estimate of drug-likeness (QED) is 0.131. The van der Waals surface area contributed by atoms with E-state index in [0.717, 1.165) is 34.8 Å². The van der Waals surface area contributed by atoms with Gasteiger partial charge in [-0.15, -0.1) is 0 Å². The Kier molecular flexibility index (Phi) is 201. The molecule has 0 heterocycles. The summed E-state index contributed by atoms with van der Waals surface area (Å²) < 4.78 is 94.6. The summed E-state index contributed by atoms with van der Waals surface area (Å²) in [5.74, 6) is 0.333. The molecule has 0 radical (unpaired) electrons. The van der Waals surface area contributed by atoms with Gasteiger partial charge in [0.05, 0.1) is 20.5 Å².